The third kappa shape index (κ3) is 3.68. The molecule has 0 aliphatic carbocycles. The van der Waals surface area contributed by atoms with Crippen LogP contribution in [0.1, 0.15) is 16.0 Å². The summed E-state index contributed by atoms with van der Waals surface area (Å²) < 4.78 is 14.1. The van der Waals surface area contributed by atoms with Gasteiger partial charge in [0.2, 0.25) is 0 Å². The Labute approximate surface area is 133 Å². The van der Waals surface area contributed by atoms with Gasteiger partial charge in [-0.25, -0.2) is 4.39 Å². The molecule has 0 saturated carbocycles. The van der Waals surface area contributed by atoms with Crippen LogP contribution in [0.2, 0.25) is 5.02 Å². The van der Waals surface area contributed by atoms with E-state index >= 15 is 0 Å². The molecule has 0 saturated heterocycles. The first-order valence-electron chi connectivity index (χ1n) is 5.40. The van der Waals surface area contributed by atoms with Gasteiger partial charge < -0.3 is 0 Å². The van der Waals surface area contributed by atoms with Gasteiger partial charge in [0.25, 0.3) is 0 Å². The van der Waals surface area contributed by atoms with E-state index < -0.39 is 0 Å². The Morgan fingerprint density at radius 1 is 1.22 bits per heavy atom. The van der Waals surface area contributed by atoms with Gasteiger partial charge in [0.1, 0.15) is 5.82 Å². The van der Waals surface area contributed by atoms with Crippen molar-refractivity contribution >= 4 is 50.1 Å². The first-order chi connectivity index (χ1) is 8.56. The van der Waals surface area contributed by atoms with Crippen molar-refractivity contribution in [2.75, 3.05) is 0 Å². The van der Waals surface area contributed by atoms with Gasteiger partial charge in [0.05, 0.1) is 5.02 Å². The molecule has 4 heteroatoms. The summed E-state index contributed by atoms with van der Waals surface area (Å²) in [5.41, 5.74) is 2.07. The quantitative estimate of drug-likeness (QED) is 0.421. The lowest BCUT2D eigenvalue weighted by atomic mass is 10.0. The van der Waals surface area contributed by atoms with Crippen LogP contribution in [0.15, 0.2) is 42.5 Å². The molecule has 0 aliphatic heterocycles. The summed E-state index contributed by atoms with van der Waals surface area (Å²) in [5, 5.41) is 0.747. The van der Waals surface area contributed by atoms with Crippen LogP contribution in [-0.2, 0) is 6.42 Å². The fourth-order valence-corrected chi connectivity index (χ4v) is 2.88. The molecule has 18 heavy (non-hydrogen) atoms. The Bertz CT molecular complexity index is 559. The van der Waals surface area contributed by atoms with Gasteiger partial charge in [0.15, 0.2) is 0 Å². The molecule has 2 aromatic carbocycles. The van der Waals surface area contributed by atoms with Crippen LogP contribution in [0.4, 0.5) is 4.39 Å². The minimum Gasteiger partial charge on any atom is -0.207 e. The molecule has 0 aliphatic rings. The van der Waals surface area contributed by atoms with E-state index in [2.05, 4.69) is 38.5 Å². The second-order valence-electron chi connectivity index (χ2n) is 3.98. The van der Waals surface area contributed by atoms with Crippen molar-refractivity contribution in [3.8, 4) is 0 Å². The third-order valence-corrected chi connectivity index (χ3v) is 5.03. The first kappa shape index (κ1) is 14.3. The van der Waals surface area contributed by atoms with Crippen LogP contribution in [-0.4, -0.2) is 0 Å². The Kier molecular flexibility index (Phi) is 5.04. The summed E-state index contributed by atoms with van der Waals surface area (Å²) in [7, 11) is 0. The molecule has 94 valence electrons. The molecular weight excluding hydrogens is 429 g/mol. The normalized spacial score (nSPS) is 12.4. The molecule has 0 nitrogen and oxygen atoms in total. The van der Waals surface area contributed by atoms with Crippen LogP contribution in [0, 0.1) is 9.39 Å². The van der Waals surface area contributed by atoms with E-state index in [9.17, 15) is 4.39 Å². The minimum absolute atomic E-state index is 0.133. The Hall–Kier alpha value is -0.130. The van der Waals surface area contributed by atoms with Crippen molar-refractivity contribution in [1.82, 2.24) is 0 Å². The van der Waals surface area contributed by atoms with Gasteiger partial charge >= 0.3 is 0 Å². The lowest BCUT2D eigenvalue weighted by Gasteiger charge is -2.11. The highest BCUT2D eigenvalue weighted by Gasteiger charge is 2.10. The van der Waals surface area contributed by atoms with Crippen molar-refractivity contribution in [3.63, 3.8) is 0 Å². The number of hydrogen-bond donors (Lipinski definition) is 0. The number of hydrogen-bond acceptors (Lipinski definition) is 0. The van der Waals surface area contributed by atoms with Crippen molar-refractivity contribution in [2.24, 2.45) is 0 Å². The zero-order valence-electron chi connectivity index (χ0n) is 9.34. The van der Waals surface area contributed by atoms with Crippen LogP contribution in [0.25, 0.3) is 0 Å². The molecule has 2 rings (SSSR count). The predicted octanol–water partition coefficient (Wildman–Crippen LogP) is 5.76. The van der Waals surface area contributed by atoms with Gasteiger partial charge in [-0.2, -0.15) is 0 Å². The van der Waals surface area contributed by atoms with E-state index in [1.807, 2.05) is 24.3 Å². The van der Waals surface area contributed by atoms with E-state index in [4.69, 9.17) is 11.6 Å². The molecule has 0 N–H and O–H groups in total. The smallest absolute Gasteiger partial charge is 0.123 e. The lowest BCUT2D eigenvalue weighted by molar-refractivity contribution is 0.625. The monoisotopic (exact) mass is 438 g/mol. The van der Waals surface area contributed by atoms with E-state index in [-0.39, 0.29) is 10.6 Å². The Balaban J connectivity index is 2.16. The number of rotatable bonds is 3. The molecule has 0 aromatic heterocycles. The van der Waals surface area contributed by atoms with Gasteiger partial charge in [-0.3, -0.25) is 0 Å². The number of halogens is 4. The second kappa shape index (κ2) is 6.35. The maximum Gasteiger partial charge on any atom is 0.123 e. The average Bonchev–Trinajstić information content (AvgIpc) is 2.32. The SMILES string of the molecule is Fc1cccc(CC(Br)c2ccc(I)c(Cl)c2)c1. The average molecular weight is 439 g/mol. The molecule has 1 atom stereocenters. The standard InChI is InChI=1S/C14H10BrClFI/c15-12(7-9-2-1-3-11(17)6-9)10-4-5-14(18)13(16)8-10/h1-6,8,12H,7H2. The Morgan fingerprint density at radius 3 is 2.67 bits per heavy atom. The van der Waals surface area contributed by atoms with Crippen LogP contribution in [0.5, 0.6) is 0 Å². The first-order valence-corrected chi connectivity index (χ1v) is 7.77. The molecule has 0 bridgehead atoms. The van der Waals surface area contributed by atoms with Crippen LogP contribution >= 0.6 is 50.1 Å². The van der Waals surface area contributed by atoms with Gasteiger partial charge in [0, 0.05) is 8.40 Å². The Morgan fingerprint density at radius 2 is 2.00 bits per heavy atom. The summed E-state index contributed by atoms with van der Waals surface area (Å²) in [6, 6.07) is 12.6. The molecule has 0 fully saturated rings. The summed E-state index contributed by atoms with van der Waals surface area (Å²) >= 11 is 11.9. The highest BCUT2D eigenvalue weighted by Crippen LogP contribution is 2.30. The summed E-state index contributed by atoms with van der Waals surface area (Å²) in [6.07, 6.45) is 0.731. The zero-order chi connectivity index (χ0) is 13.1. The van der Waals surface area contributed by atoms with Gasteiger partial charge in [-0.1, -0.05) is 45.7 Å². The van der Waals surface area contributed by atoms with Crippen molar-refractivity contribution in [3.05, 3.63) is 68.0 Å². The van der Waals surface area contributed by atoms with Gasteiger partial charge in [-0.05, 0) is 64.4 Å². The molecule has 0 heterocycles. The molecular formula is C14H10BrClFI. The lowest BCUT2D eigenvalue weighted by Crippen LogP contribution is -1.96. The van der Waals surface area contributed by atoms with E-state index in [1.165, 1.54) is 6.07 Å². The number of benzene rings is 2. The maximum atomic E-state index is 13.1. The highest BCUT2D eigenvalue weighted by molar-refractivity contribution is 14.1. The minimum atomic E-state index is -0.201. The van der Waals surface area contributed by atoms with E-state index in [0.29, 0.717) is 0 Å². The fraction of sp³-hybridized carbons (Fsp3) is 0.143. The molecule has 0 spiro atoms. The van der Waals surface area contributed by atoms with E-state index in [1.54, 1.807) is 12.1 Å². The summed E-state index contributed by atoms with van der Waals surface area (Å²) in [4.78, 5) is 0.133. The van der Waals surface area contributed by atoms with Crippen molar-refractivity contribution in [1.29, 1.82) is 0 Å². The zero-order valence-corrected chi connectivity index (χ0v) is 13.8. The van der Waals surface area contributed by atoms with Crippen LogP contribution in [0.3, 0.4) is 0 Å². The largest absolute Gasteiger partial charge is 0.207 e. The predicted molar refractivity (Wildman–Crippen MR) is 85.9 cm³/mol. The summed E-state index contributed by atoms with van der Waals surface area (Å²) in [6.45, 7) is 0. The van der Waals surface area contributed by atoms with Crippen molar-refractivity contribution in [2.45, 2.75) is 11.2 Å². The summed E-state index contributed by atoms with van der Waals surface area (Å²) in [5.74, 6) is -0.201. The second-order valence-corrected chi connectivity index (χ2v) is 6.65. The van der Waals surface area contributed by atoms with Gasteiger partial charge in [-0.15, -0.1) is 0 Å². The van der Waals surface area contributed by atoms with Crippen LogP contribution < -0.4 is 0 Å². The van der Waals surface area contributed by atoms with E-state index in [0.717, 1.165) is 26.1 Å². The number of alkyl halides is 1. The molecule has 0 radical (unpaired) electrons. The topological polar surface area (TPSA) is 0 Å². The highest BCUT2D eigenvalue weighted by atomic mass is 127. The third-order valence-electron chi connectivity index (χ3n) is 2.61. The molecule has 2 aromatic rings. The maximum absolute atomic E-state index is 13.1. The fourth-order valence-electron chi connectivity index (χ4n) is 1.70. The molecule has 1 unspecified atom stereocenters. The van der Waals surface area contributed by atoms with Crippen molar-refractivity contribution < 1.29 is 4.39 Å². The molecule has 0 amide bonds.